The van der Waals surface area contributed by atoms with Gasteiger partial charge in [-0.25, -0.2) is 0 Å². The lowest BCUT2D eigenvalue weighted by Crippen LogP contribution is -2.25. The van der Waals surface area contributed by atoms with Gasteiger partial charge >= 0.3 is 0 Å². The Hall–Kier alpha value is -1.33. The van der Waals surface area contributed by atoms with E-state index in [1.54, 1.807) is 6.20 Å². The fourth-order valence-electron chi connectivity index (χ4n) is 2.30. The van der Waals surface area contributed by atoms with Gasteiger partial charge in [-0.3, -0.25) is 4.98 Å². The Labute approximate surface area is 127 Å². The summed E-state index contributed by atoms with van der Waals surface area (Å²) in [5.41, 5.74) is 8.43. The molecule has 1 atom stereocenters. The second kappa shape index (κ2) is 6.41. The minimum absolute atomic E-state index is 0.0206. The third-order valence-electron chi connectivity index (χ3n) is 3.19. The first-order valence-electron chi connectivity index (χ1n) is 6.72. The molecular formula is C15H20BrN3O. The zero-order chi connectivity index (χ0) is 14.7. The van der Waals surface area contributed by atoms with Crippen LogP contribution >= 0.6 is 15.9 Å². The molecule has 4 nitrogen and oxygen atoms in total. The Morgan fingerprint density at radius 3 is 2.80 bits per heavy atom. The number of anilines is 2. The van der Waals surface area contributed by atoms with E-state index < -0.39 is 0 Å². The zero-order valence-corrected chi connectivity index (χ0v) is 13.3. The van der Waals surface area contributed by atoms with E-state index in [0.717, 1.165) is 27.5 Å². The average Bonchev–Trinajstić information content (AvgIpc) is 2.40. The van der Waals surface area contributed by atoms with Crippen molar-refractivity contribution in [1.29, 1.82) is 0 Å². The van der Waals surface area contributed by atoms with Gasteiger partial charge in [0.15, 0.2) is 0 Å². The first-order valence-corrected chi connectivity index (χ1v) is 7.51. The predicted octanol–water partition coefficient (Wildman–Crippen LogP) is 3.40. The molecule has 1 heterocycles. The molecule has 2 rings (SSSR count). The van der Waals surface area contributed by atoms with Gasteiger partial charge in [0.25, 0.3) is 0 Å². The molecule has 0 saturated heterocycles. The van der Waals surface area contributed by atoms with E-state index >= 15 is 0 Å². The van der Waals surface area contributed by atoms with Crippen molar-refractivity contribution in [2.75, 3.05) is 17.7 Å². The molecule has 0 aliphatic heterocycles. The van der Waals surface area contributed by atoms with Crippen LogP contribution in [0.3, 0.4) is 0 Å². The summed E-state index contributed by atoms with van der Waals surface area (Å²) in [7, 11) is 0. The number of nitrogens with two attached hydrogens (primary N) is 1. The Kier molecular flexibility index (Phi) is 4.83. The molecule has 5 heteroatoms. The largest absolute Gasteiger partial charge is 0.398 e. The van der Waals surface area contributed by atoms with E-state index in [9.17, 15) is 5.11 Å². The standard InChI is InChI=1S/C15H20BrN3O/c1-9(2)5-11(8-20)19-14-4-3-13(17)12-6-10(16)7-18-15(12)14/h3-4,6-7,9,11,19-20H,5,8,17H2,1-2H3. The predicted molar refractivity (Wildman–Crippen MR) is 87.8 cm³/mol. The third kappa shape index (κ3) is 3.41. The Bertz CT molecular complexity index is 601. The number of rotatable bonds is 5. The summed E-state index contributed by atoms with van der Waals surface area (Å²) in [5.74, 6) is 0.516. The summed E-state index contributed by atoms with van der Waals surface area (Å²) >= 11 is 3.41. The van der Waals surface area contributed by atoms with Crippen molar-refractivity contribution in [2.45, 2.75) is 26.3 Å². The number of fused-ring (bicyclic) bond motifs is 1. The number of aliphatic hydroxyl groups is 1. The van der Waals surface area contributed by atoms with Gasteiger partial charge < -0.3 is 16.2 Å². The van der Waals surface area contributed by atoms with Crippen LogP contribution < -0.4 is 11.1 Å². The van der Waals surface area contributed by atoms with Crippen molar-refractivity contribution in [2.24, 2.45) is 5.92 Å². The van der Waals surface area contributed by atoms with Crippen molar-refractivity contribution in [3.63, 3.8) is 0 Å². The van der Waals surface area contributed by atoms with Gasteiger partial charge in [-0.15, -0.1) is 0 Å². The maximum absolute atomic E-state index is 9.49. The molecular weight excluding hydrogens is 318 g/mol. The fourth-order valence-corrected chi connectivity index (χ4v) is 2.63. The van der Waals surface area contributed by atoms with Gasteiger partial charge in [-0.05, 0) is 46.5 Å². The topological polar surface area (TPSA) is 71.2 Å². The van der Waals surface area contributed by atoms with Crippen molar-refractivity contribution in [1.82, 2.24) is 4.98 Å². The van der Waals surface area contributed by atoms with E-state index in [1.807, 2.05) is 18.2 Å². The first-order chi connectivity index (χ1) is 9.51. The molecule has 0 saturated carbocycles. The summed E-state index contributed by atoms with van der Waals surface area (Å²) in [5, 5.41) is 13.8. The van der Waals surface area contributed by atoms with Gasteiger partial charge in [0.05, 0.1) is 17.8 Å². The molecule has 108 valence electrons. The number of pyridine rings is 1. The number of nitrogens with one attached hydrogen (secondary N) is 1. The monoisotopic (exact) mass is 337 g/mol. The van der Waals surface area contributed by atoms with Crippen LogP contribution in [0.1, 0.15) is 20.3 Å². The van der Waals surface area contributed by atoms with Crippen molar-refractivity contribution < 1.29 is 5.11 Å². The van der Waals surface area contributed by atoms with Crippen molar-refractivity contribution in [3.8, 4) is 0 Å². The lowest BCUT2D eigenvalue weighted by molar-refractivity contribution is 0.259. The van der Waals surface area contributed by atoms with Crippen LogP contribution in [0, 0.1) is 5.92 Å². The summed E-state index contributed by atoms with van der Waals surface area (Å²) < 4.78 is 0.898. The second-order valence-corrected chi connectivity index (χ2v) is 6.32. The number of aromatic nitrogens is 1. The minimum Gasteiger partial charge on any atom is -0.398 e. The number of benzene rings is 1. The highest BCUT2D eigenvalue weighted by atomic mass is 79.9. The van der Waals surface area contributed by atoms with Crippen LogP contribution in [0.25, 0.3) is 10.9 Å². The van der Waals surface area contributed by atoms with E-state index in [1.165, 1.54) is 0 Å². The SMILES string of the molecule is CC(C)CC(CO)Nc1ccc(N)c2cc(Br)cnc12. The molecule has 0 radical (unpaired) electrons. The quantitative estimate of drug-likeness (QED) is 0.731. The molecule has 0 aliphatic rings. The Morgan fingerprint density at radius 2 is 2.15 bits per heavy atom. The normalized spacial score (nSPS) is 12.8. The fraction of sp³-hybridized carbons (Fsp3) is 0.400. The highest BCUT2D eigenvalue weighted by Crippen LogP contribution is 2.29. The second-order valence-electron chi connectivity index (χ2n) is 5.41. The summed E-state index contributed by atoms with van der Waals surface area (Å²) in [6, 6.07) is 5.76. The molecule has 0 aliphatic carbocycles. The number of nitrogen functional groups attached to an aromatic ring is 1. The average molecular weight is 338 g/mol. The van der Waals surface area contributed by atoms with E-state index in [4.69, 9.17) is 5.73 Å². The molecule has 1 unspecified atom stereocenters. The maximum atomic E-state index is 9.49. The smallest absolute Gasteiger partial charge is 0.0954 e. The highest BCUT2D eigenvalue weighted by Gasteiger charge is 2.13. The van der Waals surface area contributed by atoms with Crippen LogP contribution in [-0.2, 0) is 0 Å². The van der Waals surface area contributed by atoms with Gasteiger partial charge in [-0.1, -0.05) is 13.8 Å². The first kappa shape index (κ1) is 15.1. The van der Waals surface area contributed by atoms with Gasteiger partial charge in [0.1, 0.15) is 0 Å². The number of hydrogen-bond acceptors (Lipinski definition) is 4. The summed E-state index contributed by atoms with van der Waals surface area (Å²) in [6.07, 6.45) is 2.66. The van der Waals surface area contributed by atoms with Crippen molar-refractivity contribution >= 4 is 38.2 Å². The highest BCUT2D eigenvalue weighted by molar-refractivity contribution is 9.10. The molecule has 0 amide bonds. The Balaban J connectivity index is 2.37. The lowest BCUT2D eigenvalue weighted by Gasteiger charge is -2.20. The summed E-state index contributed by atoms with van der Waals surface area (Å²) in [6.45, 7) is 4.38. The van der Waals surface area contributed by atoms with Crippen LogP contribution in [0.4, 0.5) is 11.4 Å². The van der Waals surface area contributed by atoms with Crippen LogP contribution in [0.2, 0.25) is 0 Å². The number of aliphatic hydroxyl groups excluding tert-OH is 1. The minimum atomic E-state index is 0.0206. The number of halogens is 1. The van der Waals surface area contributed by atoms with Crippen LogP contribution in [0.5, 0.6) is 0 Å². The van der Waals surface area contributed by atoms with E-state index in [2.05, 4.69) is 40.1 Å². The van der Waals surface area contributed by atoms with Gasteiger partial charge in [-0.2, -0.15) is 0 Å². The molecule has 0 bridgehead atoms. The van der Waals surface area contributed by atoms with Gasteiger partial charge in [0, 0.05) is 27.8 Å². The molecule has 0 fully saturated rings. The molecule has 20 heavy (non-hydrogen) atoms. The van der Waals surface area contributed by atoms with Crippen LogP contribution in [0.15, 0.2) is 28.9 Å². The van der Waals surface area contributed by atoms with E-state index in [-0.39, 0.29) is 12.6 Å². The van der Waals surface area contributed by atoms with E-state index in [0.29, 0.717) is 11.6 Å². The molecule has 4 N–H and O–H groups in total. The lowest BCUT2D eigenvalue weighted by atomic mass is 10.0. The van der Waals surface area contributed by atoms with Crippen LogP contribution in [-0.4, -0.2) is 22.7 Å². The zero-order valence-electron chi connectivity index (χ0n) is 11.7. The number of nitrogens with zero attached hydrogens (tertiary/aromatic N) is 1. The van der Waals surface area contributed by atoms with Gasteiger partial charge in [0.2, 0.25) is 0 Å². The molecule has 0 spiro atoms. The molecule has 1 aromatic carbocycles. The Morgan fingerprint density at radius 1 is 1.40 bits per heavy atom. The molecule has 1 aromatic heterocycles. The summed E-state index contributed by atoms with van der Waals surface area (Å²) in [4.78, 5) is 4.44. The maximum Gasteiger partial charge on any atom is 0.0954 e. The molecule has 2 aromatic rings. The van der Waals surface area contributed by atoms with Crippen molar-refractivity contribution in [3.05, 3.63) is 28.9 Å². The number of hydrogen-bond donors (Lipinski definition) is 3. The third-order valence-corrected chi connectivity index (χ3v) is 3.62.